The van der Waals surface area contributed by atoms with Gasteiger partial charge in [0, 0.05) is 12.5 Å². The van der Waals surface area contributed by atoms with Gasteiger partial charge in [-0.05, 0) is 19.9 Å². The molecule has 0 spiro atoms. The molecule has 4 nitrogen and oxygen atoms in total. The highest BCUT2D eigenvalue weighted by molar-refractivity contribution is 4.80. The van der Waals surface area contributed by atoms with Crippen LogP contribution in [0.15, 0.2) is 0 Å². The van der Waals surface area contributed by atoms with Crippen LogP contribution in [0.4, 0.5) is 0 Å². The lowest BCUT2D eigenvalue weighted by Gasteiger charge is -2.14. The number of rotatable bonds is 1. The van der Waals surface area contributed by atoms with Crippen LogP contribution >= 0.6 is 0 Å². The van der Waals surface area contributed by atoms with E-state index in [1.54, 1.807) is 0 Å². The van der Waals surface area contributed by atoms with Gasteiger partial charge in [-0.3, -0.25) is 10.2 Å². The van der Waals surface area contributed by atoms with Crippen molar-refractivity contribution in [2.75, 3.05) is 13.1 Å². The summed E-state index contributed by atoms with van der Waals surface area (Å²) in [6, 6.07) is 0. The third kappa shape index (κ3) is 1.54. The molecule has 3 atom stereocenters. The number of hydrogen-bond donors (Lipinski definition) is 3. The summed E-state index contributed by atoms with van der Waals surface area (Å²) in [6.45, 7) is 4.26. The zero-order valence-corrected chi connectivity index (χ0v) is 6.76. The predicted molar refractivity (Wildman–Crippen MR) is 41.6 cm³/mol. The van der Waals surface area contributed by atoms with Crippen molar-refractivity contribution in [1.82, 2.24) is 16.1 Å². The third-order valence-electron chi connectivity index (χ3n) is 2.31. The van der Waals surface area contributed by atoms with E-state index in [9.17, 15) is 0 Å². The molecule has 0 unspecified atom stereocenters. The first-order valence-corrected chi connectivity index (χ1v) is 4.24. The van der Waals surface area contributed by atoms with Gasteiger partial charge >= 0.3 is 0 Å². The Labute approximate surface area is 66.6 Å². The Balaban J connectivity index is 1.85. The van der Waals surface area contributed by atoms with E-state index in [2.05, 4.69) is 23.0 Å². The summed E-state index contributed by atoms with van der Waals surface area (Å²) in [6.07, 6.45) is 1.71. The predicted octanol–water partition coefficient (Wildman–Crippen LogP) is -0.608. The van der Waals surface area contributed by atoms with Gasteiger partial charge in [-0.15, -0.1) is 0 Å². The first-order valence-electron chi connectivity index (χ1n) is 4.24. The molecule has 2 aliphatic heterocycles. The topological polar surface area (TPSA) is 45.3 Å². The molecule has 2 aliphatic rings. The smallest absolute Gasteiger partial charge is 0.135 e. The van der Waals surface area contributed by atoms with Gasteiger partial charge in [0.1, 0.15) is 6.23 Å². The molecular formula is C7H15N3O. The SMILES string of the molecule is C[C@@H]1NO[C@@H]([C@@H]2CCNC2)N1. The molecule has 2 saturated heterocycles. The van der Waals surface area contributed by atoms with E-state index < -0.39 is 0 Å². The summed E-state index contributed by atoms with van der Waals surface area (Å²) >= 11 is 0. The summed E-state index contributed by atoms with van der Waals surface area (Å²) in [4.78, 5) is 5.35. The normalized spacial score (nSPS) is 45.0. The minimum absolute atomic E-state index is 0.208. The molecule has 0 aromatic carbocycles. The summed E-state index contributed by atoms with van der Waals surface area (Å²) in [5, 5.41) is 6.64. The van der Waals surface area contributed by atoms with Gasteiger partial charge in [-0.2, -0.15) is 5.48 Å². The van der Waals surface area contributed by atoms with Gasteiger partial charge in [0.25, 0.3) is 0 Å². The molecule has 0 aromatic heterocycles. The van der Waals surface area contributed by atoms with Crippen molar-refractivity contribution in [3.05, 3.63) is 0 Å². The molecule has 2 rings (SSSR count). The fraction of sp³-hybridized carbons (Fsp3) is 1.00. The fourth-order valence-corrected chi connectivity index (χ4v) is 1.66. The molecule has 3 N–H and O–H groups in total. The average Bonchev–Trinajstić information content (AvgIpc) is 2.55. The van der Waals surface area contributed by atoms with Crippen LogP contribution in [0.25, 0.3) is 0 Å². The maximum Gasteiger partial charge on any atom is 0.135 e. The van der Waals surface area contributed by atoms with Gasteiger partial charge < -0.3 is 5.32 Å². The van der Waals surface area contributed by atoms with E-state index in [0.717, 1.165) is 13.1 Å². The van der Waals surface area contributed by atoms with Crippen molar-refractivity contribution in [3.63, 3.8) is 0 Å². The van der Waals surface area contributed by atoms with E-state index in [-0.39, 0.29) is 6.23 Å². The Morgan fingerprint density at radius 2 is 2.36 bits per heavy atom. The van der Waals surface area contributed by atoms with Crippen molar-refractivity contribution in [2.24, 2.45) is 5.92 Å². The second-order valence-corrected chi connectivity index (χ2v) is 3.30. The van der Waals surface area contributed by atoms with Crippen LogP contribution in [-0.4, -0.2) is 25.5 Å². The monoisotopic (exact) mass is 157 g/mol. The van der Waals surface area contributed by atoms with E-state index >= 15 is 0 Å². The Hall–Kier alpha value is -0.160. The third-order valence-corrected chi connectivity index (χ3v) is 2.31. The van der Waals surface area contributed by atoms with Gasteiger partial charge in [-0.1, -0.05) is 0 Å². The quantitative estimate of drug-likeness (QED) is 0.475. The van der Waals surface area contributed by atoms with Crippen LogP contribution in [0, 0.1) is 5.92 Å². The molecule has 0 saturated carbocycles. The maximum absolute atomic E-state index is 5.35. The lowest BCUT2D eigenvalue weighted by Crippen LogP contribution is -2.36. The second-order valence-electron chi connectivity index (χ2n) is 3.30. The fourth-order valence-electron chi connectivity index (χ4n) is 1.66. The Morgan fingerprint density at radius 1 is 1.45 bits per heavy atom. The van der Waals surface area contributed by atoms with Gasteiger partial charge in [0.15, 0.2) is 0 Å². The molecule has 4 heteroatoms. The van der Waals surface area contributed by atoms with Crippen molar-refractivity contribution in [2.45, 2.75) is 25.7 Å². The lowest BCUT2D eigenvalue weighted by molar-refractivity contribution is -0.00540. The lowest BCUT2D eigenvalue weighted by atomic mass is 10.1. The summed E-state index contributed by atoms with van der Waals surface area (Å²) in [7, 11) is 0. The van der Waals surface area contributed by atoms with Crippen LogP contribution in [0.1, 0.15) is 13.3 Å². The Morgan fingerprint density at radius 3 is 2.91 bits per heavy atom. The Kier molecular flexibility index (Phi) is 2.09. The zero-order chi connectivity index (χ0) is 7.68. The molecule has 0 aliphatic carbocycles. The first-order chi connectivity index (χ1) is 5.36. The van der Waals surface area contributed by atoms with Crippen molar-refractivity contribution in [1.29, 1.82) is 0 Å². The highest BCUT2D eigenvalue weighted by atomic mass is 16.7. The summed E-state index contributed by atoms with van der Waals surface area (Å²) in [5.41, 5.74) is 2.91. The number of hydrogen-bond acceptors (Lipinski definition) is 4. The highest BCUT2D eigenvalue weighted by Crippen LogP contribution is 2.15. The van der Waals surface area contributed by atoms with Gasteiger partial charge in [0.2, 0.25) is 0 Å². The maximum atomic E-state index is 5.35. The largest absolute Gasteiger partial charge is 0.316 e. The zero-order valence-electron chi connectivity index (χ0n) is 6.76. The number of hydroxylamine groups is 1. The minimum Gasteiger partial charge on any atom is -0.316 e. The van der Waals surface area contributed by atoms with E-state index in [1.165, 1.54) is 6.42 Å². The van der Waals surface area contributed by atoms with E-state index in [4.69, 9.17) is 4.84 Å². The van der Waals surface area contributed by atoms with Crippen LogP contribution < -0.4 is 16.1 Å². The highest BCUT2D eigenvalue weighted by Gasteiger charge is 2.30. The molecular weight excluding hydrogens is 142 g/mol. The molecule has 11 heavy (non-hydrogen) atoms. The van der Waals surface area contributed by atoms with Gasteiger partial charge in [-0.25, -0.2) is 0 Å². The molecule has 0 aromatic rings. The molecule has 0 radical (unpaired) electrons. The van der Waals surface area contributed by atoms with Crippen LogP contribution in [0.2, 0.25) is 0 Å². The van der Waals surface area contributed by atoms with E-state index in [0.29, 0.717) is 12.1 Å². The number of nitrogens with one attached hydrogen (secondary N) is 3. The standard InChI is InChI=1S/C7H15N3O/c1-5-9-7(11-10-5)6-2-3-8-4-6/h5-10H,2-4H2,1H3/t5-,6+,7-/m0/s1. The van der Waals surface area contributed by atoms with Gasteiger partial charge in [0.05, 0.1) is 6.17 Å². The summed E-state index contributed by atoms with van der Waals surface area (Å²) < 4.78 is 0. The van der Waals surface area contributed by atoms with Crippen molar-refractivity contribution >= 4 is 0 Å². The molecule has 2 fully saturated rings. The Bertz CT molecular complexity index is 136. The second kappa shape index (κ2) is 3.06. The molecule has 2 heterocycles. The molecule has 0 amide bonds. The summed E-state index contributed by atoms with van der Waals surface area (Å²) in [5.74, 6) is 0.632. The van der Waals surface area contributed by atoms with Crippen LogP contribution in [-0.2, 0) is 4.84 Å². The average molecular weight is 157 g/mol. The van der Waals surface area contributed by atoms with Crippen LogP contribution in [0.3, 0.4) is 0 Å². The first kappa shape index (κ1) is 7.49. The van der Waals surface area contributed by atoms with E-state index in [1.807, 2.05) is 0 Å². The van der Waals surface area contributed by atoms with Crippen LogP contribution in [0.5, 0.6) is 0 Å². The minimum atomic E-state index is 0.208. The van der Waals surface area contributed by atoms with Crippen molar-refractivity contribution < 1.29 is 4.84 Å². The van der Waals surface area contributed by atoms with Crippen molar-refractivity contribution in [3.8, 4) is 0 Å². The molecule has 64 valence electrons. The molecule has 0 bridgehead atoms.